The highest BCUT2D eigenvalue weighted by atomic mass is 35.5. The van der Waals surface area contributed by atoms with Gasteiger partial charge in [-0.1, -0.05) is 35.3 Å². The van der Waals surface area contributed by atoms with Crippen LogP contribution in [0.5, 0.6) is 5.75 Å². The van der Waals surface area contributed by atoms with Gasteiger partial charge in [0.2, 0.25) is 0 Å². The number of ether oxygens (including phenoxy) is 1. The smallest absolute Gasteiger partial charge is 0.282 e. The number of nitrogens with one attached hydrogen (secondary N) is 3. The number of hydrogen-bond acceptors (Lipinski definition) is 3. The minimum absolute atomic E-state index is 0.0776. The van der Waals surface area contributed by atoms with Crippen molar-refractivity contribution in [1.29, 1.82) is 0 Å². The summed E-state index contributed by atoms with van der Waals surface area (Å²) in [6.45, 7) is 1.83. The van der Waals surface area contributed by atoms with Crippen LogP contribution in [0.2, 0.25) is 10.0 Å². The Kier molecular flexibility index (Phi) is 7.47. The lowest BCUT2D eigenvalue weighted by Crippen LogP contribution is -3.14. The molecular weight excluding hydrogens is 389 g/mol. The van der Waals surface area contributed by atoms with Crippen molar-refractivity contribution in [2.75, 3.05) is 31.3 Å². The van der Waals surface area contributed by atoms with Crippen LogP contribution in [0.15, 0.2) is 42.5 Å². The standard InChI is InChI=1S/C19H21Cl2N3O3/c1-12(19(26)22-13-6-4-7-14(10-13)27-3)24(2)11-17(25)23-18-15(20)8-5-9-16(18)21/h4-10,12H,11H2,1-3H3,(H,22,26)(H,23,25)/p+1/t12-/m0/s1. The van der Waals surface area contributed by atoms with Crippen LogP contribution in [0.25, 0.3) is 0 Å². The van der Waals surface area contributed by atoms with Crippen molar-refractivity contribution in [2.24, 2.45) is 0 Å². The van der Waals surface area contributed by atoms with Crippen LogP contribution < -0.4 is 20.3 Å². The first-order valence-corrected chi connectivity index (χ1v) is 9.08. The van der Waals surface area contributed by atoms with Crippen molar-refractivity contribution < 1.29 is 19.2 Å². The molecule has 0 aromatic heterocycles. The molecule has 0 heterocycles. The second kappa shape index (κ2) is 9.60. The summed E-state index contributed by atoms with van der Waals surface area (Å²) in [7, 11) is 3.33. The number of rotatable bonds is 7. The van der Waals surface area contributed by atoms with Gasteiger partial charge in [0.25, 0.3) is 11.8 Å². The summed E-state index contributed by atoms with van der Waals surface area (Å²) in [5, 5.41) is 6.24. The second-order valence-electron chi connectivity index (χ2n) is 6.11. The molecule has 0 spiro atoms. The topological polar surface area (TPSA) is 71.9 Å². The Labute approximate surface area is 168 Å². The van der Waals surface area contributed by atoms with Crippen LogP contribution in [0.4, 0.5) is 11.4 Å². The van der Waals surface area contributed by atoms with E-state index in [0.29, 0.717) is 27.2 Å². The Morgan fingerprint density at radius 1 is 1.11 bits per heavy atom. The molecule has 0 aliphatic carbocycles. The van der Waals surface area contributed by atoms with E-state index in [4.69, 9.17) is 27.9 Å². The Hall–Kier alpha value is -2.28. The molecule has 0 saturated heterocycles. The maximum atomic E-state index is 12.5. The van der Waals surface area contributed by atoms with Crippen molar-refractivity contribution in [2.45, 2.75) is 13.0 Å². The van der Waals surface area contributed by atoms with Crippen molar-refractivity contribution >= 4 is 46.4 Å². The van der Waals surface area contributed by atoms with Gasteiger partial charge in [-0.2, -0.15) is 0 Å². The molecule has 0 radical (unpaired) electrons. The number of hydrogen-bond donors (Lipinski definition) is 3. The average Bonchev–Trinajstić information content (AvgIpc) is 2.64. The number of carbonyl (C=O) groups excluding carboxylic acids is 2. The maximum absolute atomic E-state index is 12.5. The molecule has 2 rings (SSSR count). The van der Waals surface area contributed by atoms with Gasteiger partial charge in [0.15, 0.2) is 12.6 Å². The Morgan fingerprint density at radius 3 is 2.37 bits per heavy atom. The molecule has 0 fully saturated rings. The number of methoxy groups -OCH3 is 1. The molecule has 144 valence electrons. The minimum atomic E-state index is -0.455. The van der Waals surface area contributed by atoms with Gasteiger partial charge in [-0.05, 0) is 31.2 Å². The van der Waals surface area contributed by atoms with E-state index in [9.17, 15) is 9.59 Å². The Morgan fingerprint density at radius 2 is 1.74 bits per heavy atom. The van der Waals surface area contributed by atoms with E-state index in [0.717, 1.165) is 4.90 Å². The number of para-hydroxylation sites is 1. The van der Waals surface area contributed by atoms with Gasteiger partial charge in [0.1, 0.15) is 5.75 Å². The van der Waals surface area contributed by atoms with E-state index in [1.807, 2.05) is 0 Å². The molecule has 0 aliphatic rings. The van der Waals surface area contributed by atoms with Gasteiger partial charge in [-0.15, -0.1) is 0 Å². The fraction of sp³-hybridized carbons (Fsp3) is 0.263. The molecule has 2 aromatic rings. The molecule has 2 aromatic carbocycles. The zero-order valence-corrected chi connectivity index (χ0v) is 16.8. The third-order valence-electron chi connectivity index (χ3n) is 4.14. The maximum Gasteiger partial charge on any atom is 0.282 e. The number of benzene rings is 2. The normalized spacial score (nSPS) is 12.8. The molecule has 2 atom stereocenters. The van der Waals surface area contributed by atoms with Crippen LogP contribution in [0.1, 0.15) is 6.92 Å². The number of quaternary nitrogens is 1. The lowest BCUT2D eigenvalue weighted by molar-refractivity contribution is -0.885. The first-order chi connectivity index (χ1) is 12.8. The molecule has 0 bridgehead atoms. The minimum Gasteiger partial charge on any atom is -0.497 e. The predicted octanol–water partition coefficient (Wildman–Crippen LogP) is 2.48. The quantitative estimate of drug-likeness (QED) is 0.656. The van der Waals surface area contributed by atoms with Crippen LogP contribution in [0.3, 0.4) is 0 Å². The number of anilines is 2. The third kappa shape index (κ3) is 5.85. The first kappa shape index (κ1) is 21.0. The number of amides is 2. The van der Waals surface area contributed by atoms with Crippen LogP contribution in [-0.4, -0.2) is 38.6 Å². The summed E-state index contributed by atoms with van der Waals surface area (Å²) in [6, 6.07) is 11.6. The molecule has 27 heavy (non-hydrogen) atoms. The molecule has 2 amide bonds. The zero-order chi connectivity index (χ0) is 20.0. The van der Waals surface area contributed by atoms with Crippen molar-refractivity contribution in [3.63, 3.8) is 0 Å². The van der Waals surface area contributed by atoms with Crippen LogP contribution in [0, 0.1) is 0 Å². The molecule has 0 aliphatic heterocycles. The van der Waals surface area contributed by atoms with Gasteiger partial charge < -0.3 is 20.3 Å². The molecule has 8 heteroatoms. The first-order valence-electron chi connectivity index (χ1n) is 8.33. The Balaban J connectivity index is 1.94. The summed E-state index contributed by atoms with van der Waals surface area (Å²) in [6.07, 6.45) is 0. The van der Waals surface area contributed by atoms with Crippen molar-refractivity contribution in [3.05, 3.63) is 52.5 Å². The van der Waals surface area contributed by atoms with E-state index in [1.165, 1.54) is 0 Å². The van der Waals surface area contributed by atoms with E-state index < -0.39 is 6.04 Å². The van der Waals surface area contributed by atoms with Crippen LogP contribution in [-0.2, 0) is 9.59 Å². The summed E-state index contributed by atoms with van der Waals surface area (Å²) in [5.41, 5.74) is 0.999. The molecule has 0 saturated carbocycles. The van der Waals surface area contributed by atoms with E-state index in [2.05, 4.69) is 10.6 Å². The fourth-order valence-electron chi connectivity index (χ4n) is 2.38. The lowest BCUT2D eigenvalue weighted by Gasteiger charge is -2.21. The van der Waals surface area contributed by atoms with E-state index in [1.54, 1.807) is 63.5 Å². The highest BCUT2D eigenvalue weighted by Crippen LogP contribution is 2.29. The summed E-state index contributed by atoms with van der Waals surface area (Å²) in [4.78, 5) is 25.5. The molecular formula is C19H22Cl2N3O3+. The van der Waals surface area contributed by atoms with Gasteiger partial charge in [0, 0.05) is 11.8 Å². The van der Waals surface area contributed by atoms with Crippen molar-refractivity contribution in [1.82, 2.24) is 0 Å². The third-order valence-corrected chi connectivity index (χ3v) is 4.77. The summed E-state index contributed by atoms with van der Waals surface area (Å²) in [5.74, 6) is 0.157. The SMILES string of the molecule is COc1cccc(NC(=O)[C@H](C)[NH+](C)CC(=O)Nc2c(Cl)cccc2Cl)c1. The average molecular weight is 411 g/mol. The highest BCUT2D eigenvalue weighted by Gasteiger charge is 2.24. The summed E-state index contributed by atoms with van der Waals surface area (Å²) >= 11 is 12.1. The number of halogens is 2. The lowest BCUT2D eigenvalue weighted by atomic mass is 10.2. The van der Waals surface area contributed by atoms with Gasteiger partial charge in [0.05, 0.1) is 29.9 Å². The number of carbonyl (C=O) groups is 2. The van der Waals surface area contributed by atoms with E-state index in [-0.39, 0.29) is 18.4 Å². The van der Waals surface area contributed by atoms with E-state index >= 15 is 0 Å². The van der Waals surface area contributed by atoms with Crippen molar-refractivity contribution in [3.8, 4) is 5.75 Å². The zero-order valence-electron chi connectivity index (χ0n) is 15.3. The fourth-order valence-corrected chi connectivity index (χ4v) is 2.87. The molecule has 1 unspecified atom stereocenters. The Bertz CT molecular complexity index is 809. The van der Waals surface area contributed by atoms with Gasteiger partial charge >= 0.3 is 0 Å². The molecule has 6 nitrogen and oxygen atoms in total. The van der Waals surface area contributed by atoms with Crippen LogP contribution >= 0.6 is 23.2 Å². The van der Waals surface area contributed by atoms with Gasteiger partial charge in [-0.3, -0.25) is 9.59 Å². The highest BCUT2D eigenvalue weighted by molar-refractivity contribution is 6.39. The second-order valence-corrected chi connectivity index (χ2v) is 6.93. The number of likely N-dealkylation sites (N-methyl/N-ethyl adjacent to an activating group) is 1. The monoisotopic (exact) mass is 410 g/mol. The van der Waals surface area contributed by atoms with Gasteiger partial charge in [-0.25, -0.2) is 0 Å². The molecule has 3 N–H and O–H groups in total. The summed E-state index contributed by atoms with van der Waals surface area (Å²) < 4.78 is 5.14. The largest absolute Gasteiger partial charge is 0.497 e. The predicted molar refractivity (Wildman–Crippen MR) is 108 cm³/mol.